The van der Waals surface area contributed by atoms with Gasteiger partial charge in [-0.1, -0.05) is 92.4 Å². The molecule has 0 saturated heterocycles. The summed E-state index contributed by atoms with van der Waals surface area (Å²) in [4.78, 5) is 4.91. The van der Waals surface area contributed by atoms with Crippen LogP contribution in [0.1, 0.15) is 84.0 Å². The zero-order valence-electron chi connectivity index (χ0n) is 29.4. The number of hydrogen-bond acceptors (Lipinski definition) is 2. The van der Waals surface area contributed by atoms with Crippen molar-refractivity contribution in [3.63, 3.8) is 0 Å². The maximum absolute atomic E-state index is 2.54. The first-order chi connectivity index (χ1) is 22.2. The van der Waals surface area contributed by atoms with Gasteiger partial charge in [0.2, 0.25) is 0 Å². The maximum Gasteiger partial charge on any atom is 0.0520 e. The van der Waals surface area contributed by atoms with E-state index in [2.05, 4.69) is 162 Å². The molecule has 0 unspecified atom stereocenters. The smallest absolute Gasteiger partial charge is 0.0520 e. The van der Waals surface area contributed by atoms with E-state index in [4.69, 9.17) is 0 Å². The number of hydrogen-bond donors (Lipinski definition) is 0. The average Bonchev–Trinajstić information content (AvgIpc) is 3.03. The molecule has 46 heavy (non-hydrogen) atoms. The second-order valence-electron chi connectivity index (χ2n) is 13.2. The highest BCUT2D eigenvalue weighted by Gasteiger charge is 2.23. The van der Waals surface area contributed by atoms with Crippen molar-refractivity contribution in [1.82, 2.24) is 0 Å². The Bertz CT molecular complexity index is 1610. The van der Waals surface area contributed by atoms with Crippen molar-refractivity contribution >= 4 is 34.1 Å². The summed E-state index contributed by atoms with van der Waals surface area (Å²) in [5.74, 6) is 0. The van der Waals surface area contributed by atoms with Crippen molar-refractivity contribution < 1.29 is 0 Å². The van der Waals surface area contributed by atoms with Crippen molar-refractivity contribution in [3.8, 4) is 0 Å². The minimum atomic E-state index is 1.13. The molecule has 5 rings (SSSR count). The largest absolute Gasteiger partial charge is 0.310 e. The summed E-state index contributed by atoms with van der Waals surface area (Å²) in [7, 11) is 0. The van der Waals surface area contributed by atoms with Gasteiger partial charge in [-0.3, -0.25) is 0 Å². The van der Waals surface area contributed by atoms with Crippen LogP contribution in [0.4, 0.5) is 34.1 Å². The van der Waals surface area contributed by atoms with Crippen LogP contribution < -0.4 is 9.80 Å². The molecule has 238 valence electrons. The molecule has 0 bridgehead atoms. The molecule has 0 heterocycles. The van der Waals surface area contributed by atoms with Gasteiger partial charge < -0.3 is 9.80 Å². The van der Waals surface area contributed by atoms with Crippen molar-refractivity contribution in [2.75, 3.05) is 9.80 Å². The highest BCUT2D eigenvalue weighted by Crippen LogP contribution is 2.45. The summed E-state index contributed by atoms with van der Waals surface area (Å²) < 4.78 is 0. The van der Waals surface area contributed by atoms with Gasteiger partial charge in [0.05, 0.1) is 11.4 Å². The summed E-state index contributed by atoms with van der Waals surface area (Å²) in [5.41, 5.74) is 17.8. The Balaban J connectivity index is 1.72. The van der Waals surface area contributed by atoms with Gasteiger partial charge in [0.15, 0.2) is 0 Å². The first-order valence-corrected chi connectivity index (χ1v) is 17.2. The maximum atomic E-state index is 2.54. The molecule has 0 aliphatic heterocycles. The topological polar surface area (TPSA) is 6.48 Å². The van der Waals surface area contributed by atoms with Gasteiger partial charge in [0.1, 0.15) is 0 Å². The zero-order valence-corrected chi connectivity index (χ0v) is 29.4. The fourth-order valence-corrected chi connectivity index (χ4v) is 6.82. The van der Waals surface area contributed by atoms with Gasteiger partial charge in [-0.2, -0.15) is 0 Å². The molecule has 5 aromatic carbocycles. The number of unbranched alkanes of at least 4 members (excludes halogenated alkanes) is 2. The lowest BCUT2D eigenvalue weighted by atomic mass is 9.96. The SMILES string of the molecule is CCCCc1cc(C)c(N(c2cccc(N(c3ccc(C)cc3)c3ccc(C)cc3)c2)c2c(C)cc(CCCC)cc2C)c(C)c1. The first-order valence-electron chi connectivity index (χ1n) is 17.2. The first kappa shape index (κ1) is 33.1. The van der Waals surface area contributed by atoms with Crippen LogP contribution in [0.3, 0.4) is 0 Å². The summed E-state index contributed by atoms with van der Waals surface area (Å²) in [5, 5.41) is 0. The Labute approximate surface area is 278 Å². The van der Waals surface area contributed by atoms with Crippen LogP contribution in [0, 0.1) is 41.5 Å². The third-order valence-corrected chi connectivity index (χ3v) is 9.12. The summed E-state index contributed by atoms with van der Waals surface area (Å²) >= 11 is 0. The van der Waals surface area contributed by atoms with E-state index in [1.165, 1.54) is 87.3 Å². The lowest BCUT2D eigenvalue weighted by Crippen LogP contribution is -2.17. The Morgan fingerprint density at radius 2 is 0.783 bits per heavy atom. The molecule has 0 aromatic heterocycles. The number of anilines is 6. The Morgan fingerprint density at radius 3 is 1.15 bits per heavy atom. The van der Waals surface area contributed by atoms with Gasteiger partial charge >= 0.3 is 0 Å². The monoisotopic (exact) mass is 608 g/mol. The van der Waals surface area contributed by atoms with Crippen molar-refractivity contribution in [1.29, 1.82) is 0 Å². The van der Waals surface area contributed by atoms with Gasteiger partial charge in [-0.25, -0.2) is 0 Å². The van der Waals surface area contributed by atoms with Crippen molar-refractivity contribution in [3.05, 3.63) is 142 Å². The lowest BCUT2D eigenvalue weighted by Gasteiger charge is -2.33. The third-order valence-electron chi connectivity index (χ3n) is 9.12. The average molecular weight is 609 g/mol. The molecule has 0 aliphatic carbocycles. The fraction of sp³-hybridized carbons (Fsp3) is 0.318. The fourth-order valence-electron chi connectivity index (χ4n) is 6.82. The third kappa shape index (κ3) is 7.39. The molecule has 0 radical (unpaired) electrons. The van der Waals surface area contributed by atoms with E-state index in [9.17, 15) is 0 Å². The Kier molecular flexibility index (Phi) is 10.7. The van der Waals surface area contributed by atoms with Crippen molar-refractivity contribution in [2.45, 2.75) is 93.9 Å². The molecular weight excluding hydrogens is 556 g/mol. The van der Waals surface area contributed by atoms with Gasteiger partial charge in [-0.15, -0.1) is 0 Å². The Morgan fingerprint density at radius 1 is 0.413 bits per heavy atom. The predicted molar refractivity (Wildman–Crippen MR) is 201 cm³/mol. The summed E-state index contributed by atoms with van der Waals surface area (Å²) in [6.07, 6.45) is 7.10. The van der Waals surface area contributed by atoms with Crippen LogP contribution in [-0.4, -0.2) is 0 Å². The molecule has 0 atom stereocenters. The van der Waals surface area contributed by atoms with Crippen LogP contribution in [-0.2, 0) is 12.8 Å². The lowest BCUT2D eigenvalue weighted by molar-refractivity contribution is 0.793. The van der Waals surface area contributed by atoms with Gasteiger partial charge in [0.25, 0.3) is 0 Å². The highest BCUT2D eigenvalue weighted by atomic mass is 15.2. The molecule has 0 saturated carbocycles. The second-order valence-corrected chi connectivity index (χ2v) is 13.2. The minimum Gasteiger partial charge on any atom is -0.310 e. The molecular formula is C44H52N2. The molecule has 0 amide bonds. The standard InChI is InChI=1S/C44H52N2/c1-9-11-14-37-26-33(5)43(34(6)27-37)46(44-35(7)28-38(15-12-10-2)29-36(44)8)42-17-13-16-41(30-42)45(39-22-18-31(3)19-23-39)40-24-20-32(4)21-25-40/h13,16-30H,9-12,14-15H2,1-8H3. The predicted octanol–water partition coefficient (Wildman–Crippen LogP) is 13.2. The minimum absolute atomic E-state index is 1.13. The number of rotatable bonds is 12. The Hall–Kier alpha value is -4.30. The molecule has 0 spiro atoms. The quantitative estimate of drug-likeness (QED) is 0.139. The molecule has 5 aromatic rings. The van der Waals surface area contributed by atoms with Gasteiger partial charge in [0, 0.05) is 22.7 Å². The normalized spacial score (nSPS) is 11.1. The van der Waals surface area contributed by atoms with Crippen LogP contribution in [0.25, 0.3) is 0 Å². The molecule has 0 N–H and O–H groups in total. The van der Waals surface area contributed by atoms with Crippen LogP contribution in [0.2, 0.25) is 0 Å². The van der Waals surface area contributed by atoms with E-state index < -0.39 is 0 Å². The van der Waals surface area contributed by atoms with E-state index in [1.807, 2.05) is 0 Å². The van der Waals surface area contributed by atoms with Crippen LogP contribution in [0.15, 0.2) is 97.1 Å². The summed E-state index contributed by atoms with van der Waals surface area (Å²) in [6, 6.07) is 36.5. The van der Waals surface area contributed by atoms with E-state index in [0.29, 0.717) is 0 Å². The molecule has 0 aliphatic rings. The van der Waals surface area contributed by atoms with E-state index in [0.717, 1.165) is 29.9 Å². The van der Waals surface area contributed by atoms with Gasteiger partial charge in [-0.05, 0) is 143 Å². The van der Waals surface area contributed by atoms with E-state index in [-0.39, 0.29) is 0 Å². The highest BCUT2D eigenvalue weighted by molar-refractivity contribution is 5.87. The number of nitrogens with zero attached hydrogens (tertiary/aromatic N) is 2. The van der Waals surface area contributed by atoms with Crippen LogP contribution >= 0.6 is 0 Å². The second kappa shape index (κ2) is 14.9. The number of aryl methyl sites for hydroxylation is 8. The molecule has 0 fully saturated rings. The van der Waals surface area contributed by atoms with Crippen LogP contribution in [0.5, 0.6) is 0 Å². The van der Waals surface area contributed by atoms with E-state index in [1.54, 1.807) is 0 Å². The molecule has 2 heteroatoms. The molecule has 2 nitrogen and oxygen atoms in total. The zero-order chi connectivity index (χ0) is 32.8. The number of benzene rings is 5. The van der Waals surface area contributed by atoms with Crippen molar-refractivity contribution in [2.24, 2.45) is 0 Å². The summed E-state index contributed by atoms with van der Waals surface area (Å²) in [6.45, 7) is 18.0. The van der Waals surface area contributed by atoms with E-state index >= 15 is 0 Å².